The number of halogens is 1. The van der Waals surface area contributed by atoms with Crippen molar-refractivity contribution in [1.82, 2.24) is 5.43 Å². The molecule has 4 aromatic rings. The number of nitrogens with one attached hydrogen (secondary N) is 1. The highest BCUT2D eigenvalue weighted by Crippen LogP contribution is 2.63. The van der Waals surface area contributed by atoms with Crippen LogP contribution in [0.15, 0.2) is 96.1 Å². The van der Waals surface area contributed by atoms with E-state index < -0.39 is 17.3 Å². The molecule has 9 rings (SSSR count). The lowest BCUT2D eigenvalue weighted by molar-refractivity contribution is -0.123. The summed E-state index contributed by atoms with van der Waals surface area (Å²) in [7, 11) is 0. The first-order valence-electron chi connectivity index (χ1n) is 14.0. The van der Waals surface area contributed by atoms with Crippen LogP contribution in [0.1, 0.15) is 33.7 Å². The third-order valence-electron chi connectivity index (χ3n) is 9.04. The summed E-state index contributed by atoms with van der Waals surface area (Å²) >= 11 is 6.52. The molecule has 0 spiro atoms. The number of imide groups is 1. The number of hydrogen-bond acceptors (Lipinski definition) is 6. The summed E-state index contributed by atoms with van der Waals surface area (Å²) in [5.74, 6) is -1.47. The zero-order valence-electron chi connectivity index (χ0n) is 22.7. The molecule has 3 aliphatic carbocycles. The topological polar surface area (TPSA) is 97.3 Å². The van der Waals surface area contributed by atoms with Crippen molar-refractivity contribution in [3.05, 3.63) is 124 Å². The van der Waals surface area contributed by atoms with Crippen LogP contribution in [0.4, 0.5) is 5.69 Å². The Bertz CT molecular complexity index is 1840. The van der Waals surface area contributed by atoms with Gasteiger partial charge in [0.2, 0.25) is 24.5 Å². The van der Waals surface area contributed by atoms with Gasteiger partial charge in [-0.3, -0.25) is 14.4 Å². The number of hydrogen-bond donors (Lipinski definition) is 1. The highest BCUT2D eigenvalue weighted by molar-refractivity contribution is 6.36. The van der Waals surface area contributed by atoms with Gasteiger partial charge in [0.25, 0.3) is 0 Å². The van der Waals surface area contributed by atoms with Gasteiger partial charge >= 0.3 is 0 Å². The maximum atomic E-state index is 14.4. The summed E-state index contributed by atoms with van der Waals surface area (Å²) < 4.78 is 10.8. The quantitative estimate of drug-likeness (QED) is 0.202. The summed E-state index contributed by atoms with van der Waals surface area (Å²) in [6, 6.07) is 28.0. The number of ether oxygens (including phenoxy) is 2. The van der Waals surface area contributed by atoms with E-state index in [1.54, 1.807) is 48.7 Å². The van der Waals surface area contributed by atoms with Gasteiger partial charge in [0.15, 0.2) is 11.5 Å². The van der Waals surface area contributed by atoms with Gasteiger partial charge in [0.1, 0.15) is 0 Å². The molecule has 0 radical (unpaired) electrons. The number of fused-ring (bicyclic) bond motifs is 1. The third-order valence-corrected chi connectivity index (χ3v) is 9.36. The van der Waals surface area contributed by atoms with Crippen LogP contribution in [-0.4, -0.2) is 30.7 Å². The van der Waals surface area contributed by atoms with E-state index in [0.717, 1.165) is 27.8 Å². The number of benzene rings is 4. The first-order chi connectivity index (χ1) is 21.0. The van der Waals surface area contributed by atoms with Crippen molar-refractivity contribution in [3.8, 4) is 11.5 Å². The molecule has 4 aromatic carbocycles. The summed E-state index contributed by atoms with van der Waals surface area (Å²) in [4.78, 5) is 42.9. The van der Waals surface area contributed by atoms with Crippen LogP contribution in [0.25, 0.3) is 0 Å². The second-order valence-corrected chi connectivity index (χ2v) is 11.6. The number of carbonyl (C=O) groups is 3. The molecule has 5 aliphatic rings. The summed E-state index contributed by atoms with van der Waals surface area (Å²) in [5, 5.41) is 4.80. The molecule has 1 N–H and O–H groups in total. The molecule has 2 bridgehead atoms. The fourth-order valence-corrected chi connectivity index (χ4v) is 7.62. The molecule has 0 unspecified atom stereocenters. The van der Waals surface area contributed by atoms with E-state index in [1.165, 1.54) is 4.90 Å². The molecule has 212 valence electrons. The Kier molecular flexibility index (Phi) is 5.71. The lowest BCUT2D eigenvalue weighted by Crippen LogP contribution is -2.54. The average Bonchev–Trinajstić information content (AvgIpc) is 3.60. The molecular formula is C34H24ClN3O5. The molecule has 2 aliphatic heterocycles. The minimum Gasteiger partial charge on any atom is -0.454 e. The number of anilines is 1. The van der Waals surface area contributed by atoms with Crippen LogP contribution in [-0.2, 0) is 26.2 Å². The van der Waals surface area contributed by atoms with Crippen LogP contribution >= 0.6 is 11.6 Å². The van der Waals surface area contributed by atoms with Crippen LogP contribution in [0.2, 0.25) is 5.02 Å². The second-order valence-electron chi connectivity index (χ2n) is 11.1. The monoisotopic (exact) mass is 589 g/mol. The fraction of sp³-hybridized carbons (Fsp3) is 0.176. The molecule has 1 fully saturated rings. The number of carbonyl (C=O) groups excluding carboxylic acids is 3. The van der Waals surface area contributed by atoms with Gasteiger partial charge in [0.05, 0.1) is 34.4 Å². The summed E-state index contributed by atoms with van der Waals surface area (Å²) in [5.41, 5.74) is 6.43. The zero-order valence-corrected chi connectivity index (χ0v) is 23.5. The first kappa shape index (κ1) is 25.7. The summed E-state index contributed by atoms with van der Waals surface area (Å²) in [6.07, 6.45) is 1.72. The number of nitrogens with zero attached hydrogens (tertiary/aromatic N) is 2. The molecule has 0 aromatic heterocycles. The largest absolute Gasteiger partial charge is 0.454 e. The van der Waals surface area contributed by atoms with Crippen LogP contribution < -0.4 is 19.8 Å². The molecule has 43 heavy (non-hydrogen) atoms. The third kappa shape index (κ3) is 3.63. The van der Waals surface area contributed by atoms with Crippen molar-refractivity contribution in [1.29, 1.82) is 0 Å². The lowest BCUT2D eigenvalue weighted by Gasteiger charge is -2.52. The maximum Gasteiger partial charge on any atom is 0.244 e. The second kappa shape index (κ2) is 9.54. The molecule has 2 atom stereocenters. The Labute approximate surface area is 251 Å². The highest BCUT2D eigenvalue weighted by Gasteiger charge is 2.68. The van der Waals surface area contributed by atoms with E-state index in [9.17, 15) is 14.4 Å². The number of amides is 3. The fourth-order valence-electron chi connectivity index (χ4n) is 7.40. The van der Waals surface area contributed by atoms with Crippen molar-refractivity contribution in [2.45, 2.75) is 17.8 Å². The zero-order chi connectivity index (χ0) is 29.3. The molecule has 9 heteroatoms. The Balaban J connectivity index is 1.22. The molecule has 1 saturated heterocycles. The Morgan fingerprint density at radius 1 is 0.907 bits per heavy atom. The molecule has 2 heterocycles. The molecule has 8 nitrogen and oxygen atoms in total. The maximum absolute atomic E-state index is 14.4. The van der Waals surface area contributed by atoms with Crippen molar-refractivity contribution in [2.24, 2.45) is 16.9 Å². The molecule has 0 saturated carbocycles. The van der Waals surface area contributed by atoms with E-state index in [-0.39, 0.29) is 36.9 Å². The van der Waals surface area contributed by atoms with Crippen LogP contribution in [0.5, 0.6) is 11.5 Å². The Morgan fingerprint density at radius 2 is 1.58 bits per heavy atom. The molecular weight excluding hydrogens is 566 g/mol. The minimum atomic E-state index is -1.10. The van der Waals surface area contributed by atoms with E-state index in [0.29, 0.717) is 22.2 Å². The van der Waals surface area contributed by atoms with Crippen LogP contribution in [0, 0.1) is 11.8 Å². The lowest BCUT2D eigenvalue weighted by atomic mass is 9.47. The predicted octanol–water partition coefficient (Wildman–Crippen LogP) is 4.96. The van der Waals surface area contributed by atoms with Crippen LogP contribution in [0.3, 0.4) is 0 Å². The smallest absolute Gasteiger partial charge is 0.244 e. The van der Waals surface area contributed by atoms with Crippen molar-refractivity contribution in [3.63, 3.8) is 0 Å². The SMILES string of the molecule is O=C(Cc1ccc2c(c1)OCO2)N/N=C\C12c3ccccc3C(c3ccccc31)[C@H]1C(=O)N(c3ccccc3Cl)C(=O)[C@@H]12. The Hall–Kier alpha value is -4.95. The normalized spacial score (nSPS) is 24.2. The van der Waals surface area contributed by atoms with Gasteiger partial charge in [-0.15, -0.1) is 0 Å². The number of para-hydroxylation sites is 1. The van der Waals surface area contributed by atoms with E-state index in [4.69, 9.17) is 21.1 Å². The van der Waals surface area contributed by atoms with E-state index >= 15 is 0 Å². The average molecular weight is 590 g/mol. The minimum absolute atomic E-state index is 0.0694. The van der Waals surface area contributed by atoms with Gasteiger partial charge in [-0.2, -0.15) is 5.10 Å². The predicted molar refractivity (Wildman–Crippen MR) is 159 cm³/mol. The summed E-state index contributed by atoms with van der Waals surface area (Å²) in [6.45, 7) is 0.151. The first-order valence-corrected chi connectivity index (χ1v) is 14.4. The Morgan fingerprint density at radius 3 is 2.33 bits per heavy atom. The van der Waals surface area contributed by atoms with Gasteiger partial charge in [-0.05, 0) is 52.1 Å². The highest BCUT2D eigenvalue weighted by atomic mass is 35.5. The number of rotatable bonds is 5. The van der Waals surface area contributed by atoms with E-state index in [2.05, 4.69) is 10.5 Å². The van der Waals surface area contributed by atoms with Crippen molar-refractivity contribution >= 4 is 41.2 Å². The number of hydrazone groups is 1. The van der Waals surface area contributed by atoms with Gasteiger partial charge in [-0.25, -0.2) is 10.3 Å². The van der Waals surface area contributed by atoms with Crippen molar-refractivity contribution in [2.75, 3.05) is 11.7 Å². The standard InChI is InChI=1S/C34H24ClN3O5/c35-24-11-5-6-12-25(24)38-32(40)30-29-20-7-1-3-9-22(20)34(31(30)33(38)41,23-10-4-2-8-21(23)29)17-36-37-28(39)16-19-13-14-26-27(15-19)43-18-42-26/h1-15,17,29-31H,16,18H2,(H,37,39)/b36-17-/t29?,30-,31-,34?/m1/s1. The van der Waals surface area contributed by atoms with E-state index in [1.807, 2.05) is 48.5 Å². The van der Waals surface area contributed by atoms with Crippen molar-refractivity contribution < 1.29 is 23.9 Å². The van der Waals surface area contributed by atoms with Gasteiger partial charge in [-0.1, -0.05) is 78.3 Å². The molecule has 3 amide bonds. The van der Waals surface area contributed by atoms with Gasteiger partial charge in [0, 0.05) is 12.1 Å². The van der Waals surface area contributed by atoms with Gasteiger partial charge < -0.3 is 9.47 Å².